The summed E-state index contributed by atoms with van der Waals surface area (Å²) in [5, 5.41) is 3.57. The Kier molecular flexibility index (Phi) is 6.50. The van der Waals surface area contributed by atoms with Crippen molar-refractivity contribution in [2.75, 3.05) is 26.2 Å². The molecule has 0 aromatic rings. The van der Waals surface area contributed by atoms with Crippen LogP contribution in [0, 0.1) is 5.41 Å². The smallest absolute Gasteiger partial charge is 0.00391 e. The molecular weight excluding hydrogens is 208 g/mol. The molecule has 0 bridgehead atoms. The molecule has 0 aromatic carbocycles. The van der Waals surface area contributed by atoms with Crippen molar-refractivity contribution in [1.82, 2.24) is 10.2 Å². The Morgan fingerprint density at radius 3 is 2.76 bits per heavy atom. The lowest BCUT2D eigenvalue weighted by molar-refractivity contribution is 0.115. The highest BCUT2D eigenvalue weighted by Crippen LogP contribution is 2.28. The van der Waals surface area contributed by atoms with E-state index in [-0.39, 0.29) is 0 Å². The molecule has 2 heteroatoms. The summed E-state index contributed by atoms with van der Waals surface area (Å²) in [4.78, 5) is 2.66. The van der Waals surface area contributed by atoms with Gasteiger partial charge in [0.25, 0.3) is 0 Å². The average Bonchev–Trinajstić information content (AvgIpc) is 2.25. The van der Waals surface area contributed by atoms with Crippen LogP contribution in [0.2, 0.25) is 0 Å². The second-order valence-electron chi connectivity index (χ2n) is 6.54. The third kappa shape index (κ3) is 6.42. The highest BCUT2D eigenvalue weighted by Gasteiger charge is 2.25. The van der Waals surface area contributed by atoms with E-state index >= 15 is 0 Å². The predicted molar refractivity (Wildman–Crippen MR) is 76.4 cm³/mol. The number of hydrogen-bond donors (Lipinski definition) is 1. The Bertz CT molecular complexity index is 201. The second kappa shape index (κ2) is 7.38. The number of hydrogen-bond acceptors (Lipinski definition) is 2. The van der Waals surface area contributed by atoms with Gasteiger partial charge >= 0.3 is 0 Å². The van der Waals surface area contributed by atoms with E-state index in [1.54, 1.807) is 0 Å². The molecule has 1 fully saturated rings. The second-order valence-corrected chi connectivity index (χ2v) is 6.54. The first-order valence-corrected chi connectivity index (χ1v) is 7.49. The van der Waals surface area contributed by atoms with E-state index in [1.165, 1.54) is 51.7 Å². The molecule has 0 aromatic heterocycles. The number of likely N-dealkylation sites (tertiary alicyclic amines) is 1. The number of nitrogens with one attached hydrogen (secondary N) is 1. The van der Waals surface area contributed by atoms with Crippen LogP contribution in [0.1, 0.15) is 59.8 Å². The maximum atomic E-state index is 3.57. The van der Waals surface area contributed by atoms with Gasteiger partial charge in [0, 0.05) is 12.6 Å². The summed E-state index contributed by atoms with van der Waals surface area (Å²) in [6.45, 7) is 14.4. The monoisotopic (exact) mass is 240 g/mol. The molecule has 1 heterocycles. The Labute approximate surface area is 108 Å². The van der Waals surface area contributed by atoms with Crippen molar-refractivity contribution >= 4 is 0 Å². The van der Waals surface area contributed by atoms with Crippen LogP contribution in [0.3, 0.4) is 0 Å². The molecule has 0 amide bonds. The summed E-state index contributed by atoms with van der Waals surface area (Å²) in [6, 6.07) is 0.688. The number of piperidine rings is 1. The van der Waals surface area contributed by atoms with Crippen molar-refractivity contribution in [2.24, 2.45) is 5.41 Å². The Hall–Kier alpha value is -0.0800. The fraction of sp³-hybridized carbons (Fsp3) is 1.00. The lowest BCUT2D eigenvalue weighted by Crippen LogP contribution is -2.40. The van der Waals surface area contributed by atoms with Gasteiger partial charge in [0.1, 0.15) is 0 Å². The highest BCUT2D eigenvalue weighted by molar-refractivity contribution is 4.79. The van der Waals surface area contributed by atoms with Gasteiger partial charge in [0.15, 0.2) is 0 Å². The van der Waals surface area contributed by atoms with Crippen molar-refractivity contribution in [2.45, 2.75) is 65.8 Å². The molecule has 1 saturated heterocycles. The zero-order valence-corrected chi connectivity index (χ0v) is 12.4. The van der Waals surface area contributed by atoms with Crippen molar-refractivity contribution < 1.29 is 0 Å². The molecule has 1 aliphatic heterocycles. The van der Waals surface area contributed by atoms with Gasteiger partial charge in [-0.05, 0) is 64.1 Å². The summed E-state index contributed by atoms with van der Waals surface area (Å²) in [6.07, 6.45) is 6.68. The van der Waals surface area contributed by atoms with E-state index in [0.717, 1.165) is 6.54 Å². The fourth-order valence-corrected chi connectivity index (χ4v) is 2.85. The summed E-state index contributed by atoms with van der Waals surface area (Å²) >= 11 is 0. The van der Waals surface area contributed by atoms with Crippen molar-refractivity contribution in [1.29, 1.82) is 0 Å². The lowest BCUT2D eigenvalue weighted by atomic mass is 9.84. The van der Waals surface area contributed by atoms with Crippen LogP contribution in [0.15, 0.2) is 0 Å². The average molecular weight is 240 g/mol. The molecule has 1 rings (SSSR count). The maximum Gasteiger partial charge on any atom is 0.00391 e. The van der Waals surface area contributed by atoms with E-state index in [2.05, 4.69) is 37.9 Å². The van der Waals surface area contributed by atoms with Crippen molar-refractivity contribution in [3.63, 3.8) is 0 Å². The molecule has 0 aliphatic carbocycles. The largest absolute Gasteiger partial charge is 0.314 e. The first kappa shape index (κ1) is 15.0. The normalized spacial score (nSPS) is 22.6. The van der Waals surface area contributed by atoms with Gasteiger partial charge in [-0.1, -0.05) is 20.8 Å². The minimum Gasteiger partial charge on any atom is -0.314 e. The Balaban J connectivity index is 2.09. The maximum absolute atomic E-state index is 3.57. The molecular formula is C15H32N2. The van der Waals surface area contributed by atoms with Crippen LogP contribution in [-0.4, -0.2) is 37.1 Å². The zero-order chi connectivity index (χ0) is 12.7. The van der Waals surface area contributed by atoms with E-state index < -0.39 is 0 Å². The summed E-state index contributed by atoms with van der Waals surface area (Å²) in [5.74, 6) is 0. The van der Waals surface area contributed by atoms with E-state index in [1.807, 2.05) is 0 Å². The van der Waals surface area contributed by atoms with Crippen LogP contribution >= 0.6 is 0 Å². The molecule has 0 saturated carbocycles. The topological polar surface area (TPSA) is 15.3 Å². The van der Waals surface area contributed by atoms with Crippen molar-refractivity contribution in [3.05, 3.63) is 0 Å². The third-order valence-electron chi connectivity index (χ3n) is 3.83. The first-order chi connectivity index (χ1) is 8.03. The Morgan fingerprint density at radius 1 is 1.35 bits per heavy atom. The summed E-state index contributed by atoms with van der Waals surface area (Å²) in [7, 11) is 0. The molecule has 1 atom stereocenters. The van der Waals surface area contributed by atoms with Gasteiger partial charge in [-0.25, -0.2) is 0 Å². The van der Waals surface area contributed by atoms with Gasteiger partial charge in [-0.3, -0.25) is 0 Å². The van der Waals surface area contributed by atoms with Crippen molar-refractivity contribution in [3.8, 4) is 0 Å². The van der Waals surface area contributed by atoms with Crippen LogP contribution in [0.4, 0.5) is 0 Å². The van der Waals surface area contributed by atoms with E-state index in [0.29, 0.717) is 11.5 Å². The third-order valence-corrected chi connectivity index (χ3v) is 3.83. The van der Waals surface area contributed by atoms with Crippen LogP contribution in [0.5, 0.6) is 0 Å². The van der Waals surface area contributed by atoms with Crippen LogP contribution in [-0.2, 0) is 0 Å². The van der Waals surface area contributed by atoms with Gasteiger partial charge in [0.2, 0.25) is 0 Å². The van der Waals surface area contributed by atoms with Crippen LogP contribution in [0.25, 0.3) is 0 Å². The zero-order valence-electron chi connectivity index (χ0n) is 12.4. The minimum absolute atomic E-state index is 0.546. The molecule has 1 aliphatic rings. The number of nitrogens with zero attached hydrogens (tertiary/aromatic N) is 1. The SMILES string of the molecule is CCCNC(C)CCCN1CCCC(C)(C)C1. The molecule has 2 nitrogen and oxygen atoms in total. The van der Waals surface area contributed by atoms with Gasteiger partial charge in [-0.15, -0.1) is 0 Å². The van der Waals surface area contributed by atoms with Gasteiger partial charge in [-0.2, -0.15) is 0 Å². The van der Waals surface area contributed by atoms with Gasteiger partial charge < -0.3 is 10.2 Å². The summed E-state index contributed by atoms with van der Waals surface area (Å²) < 4.78 is 0. The fourth-order valence-electron chi connectivity index (χ4n) is 2.85. The van der Waals surface area contributed by atoms with E-state index in [9.17, 15) is 0 Å². The summed E-state index contributed by atoms with van der Waals surface area (Å²) in [5.41, 5.74) is 0.546. The van der Waals surface area contributed by atoms with E-state index in [4.69, 9.17) is 0 Å². The predicted octanol–water partition coefficient (Wildman–Crippen LogP) is 3.28. The van der Waals surface area contributed by atoms with Gasteiger partial charge in [0.05, 0.1) is 0 Å². The molecule has 17 heavy (non-hydrogen) atoms. The number of rotatable bonds is 7. The molecule has 1 N–H and O–H groups in total. The quantitative estimate of drug-likeness (QED) is 0.735. The molecule has 0 spiro atoms. The molecule has 102 valence electrons. The highest BCUT2D eigenvalue weighted by atomic mass is 15.1. The minimum atomic E-state index is 0.546. The molecule has 0 radical (unpaired) electrons. The van der Waals surface area contributed by atoms with Crippen LogP contribution < -0.4 is 5.32 Å². The lowest BCUT2D eigenvalue weighted by Gasteiger charge is -2.38. The first-order valence-electron chi connectivity index (χ1n) is 7.49. The standard InChI is InChI=1S/C15H32N2/c1-5-10-16-14(2)8-6-11-17-12-7-9-15(3,4)13-17/h14,16H,5-13H2,1-4H3. The molecule has 1 unspecified atom stereocenters. The Morgan fingerprint density at radius 2 is 2.12 bits per heavy atom.